The summed E-state index contributed by atoms with van der Waals surface area (Å²) in [5.41, 5.74) is 2.69. The first-order chi connectivity index (χ1) is 8.61. The Morgan fingerprint density at radius 2 is 2.39 bits per heavy atom. The van der Waals surface area contributed by atoms with E-state index in [0.29, 0.717) is 16.8 Å². The Bertz CT molecular complexity index is 452. The first-order valence-electron chi connectivity index (χ1n) is 6.04. The first kappa shape index (κ1) is 13.1. The summed E-state index contributed by atoms with van der Waals surface area (Å²) in [6.45, 7) is 3.67. The van der Waals surface area contributed by atoms with Crippen LogP contribution in [0.15, 0.2) is 12.1 Å². The summed E-state index contributed by atoms with van der Waals surface area (Å²) >= 11 is 6.03. The van der Waals surface area contributed by atoms with E-state index in [4.69, 9.17) is 17.4 Å². The van der Waals surface area contributed by atoms with Gasteiger partial charge in [0.05, 0.1) is 5.02 Å². The number of aromatic nitrogens is 1. The number of nitrogens with zero attached hydrogens (tertiary/aromatic N) is 2. The minimum atomic E-state index is -0.122. The average Bonchev–Trinajstić information content (AvgIpc) is 2.38. The number of likely N-dealkylation sites (tertiary alicyclic amines) is 1. The van der Waals surface area contributed by atoms with Crippen LogP contribution < -0.4 is 11.3 Å². The van der Waals surface area contributed by atoms with Crippen LogP contribution in [-0.2, 0) is 0 Å². The predicted molar refractivity (Wildman–Crippen MR) is 71.4 cm³/mol. The zero-order valence-electron chi connectivity index (χ0n) is 10.3. The Kier molecular flexibility index (Phi) is 4.04. The molecule has 1 aliphatic rings. The van der Waals surface area contributed by atoms with Crippen molar-refractivity contribution in [2.75, 3.05) is 18.5 Å². The van der Waals surface area contributed by atoms with E-state index in [1.54, 1.807) is 12.1 Å². The van der Waals surface area contributed by atoms with Gasteiger partial charge in [-0.15, -0.1) is 0 Å². The van der Waals surface area contributed by atoms with Crippen LogP contribution in [0.2, 0.25) is 5.02 Å². The van der Waals surface area contributed by atoms with Crippen LogP contribution in [-0.4, -0.2) is 28.9 Å². The molecule has 5 nitrogen and oxygen atoms in total. The predicted octanol–water partition coefficient (Wildman–Crippen LogP) is 1.89. The molecule has 1 aromatic heterocycles. The zero-order chi connectivity index (χ0) is 13.1. The fourth-order valence-electron chi connectivity index (χ4n) is 2.20. The third kappa shape index (κ3) is 2.73. The number of halogens is 1. The molecule has 6 heteroatoms. The number of hydrogen-bond donors (Lipinski definition) is 2. The molecule has 1 atom stereocenters. The van der Waals surface area contributed by atoms with Crippen molar-refractivity contribution in [2.45, 2.75) is 19.8 Å². The molecule has 2 rings (SSSR count). The van der Waals surface area contributed by atoms with Gasteiger partial charge in [0.1, 0.15) is 11.5 Å². The van der Waals surface area contributed by atoms with Gasteiger partial charge in [-0.3, -0.25) is 4.79 Å². The van der Waals surface area contributed by atoms with Crippen molar-refractivity contribution >= 4 is 23.3 Å². The summed E-state index contributed by atoms with van der Waals surface area (Å²) in [7, 11) is 0. The SMILES string of the molecule is CC1CCCN(C(=O)c2nc(NN)ccc2Cl)C1. The van der Waals surface area contributed by atoms with Crippen LogP contribution in [0.1, 0.15) is 30.3 Å². The highest BCUT2D eigenvalue weighted by Crippen LogP contribution is 2.22. The Morgan fingerprint density at radius 1 is 1.61 bits per heavy atom. The maximum absolute atomic E-state index is 12.3. The van der Waals surface area contributed by atoms with Crippen LogP contribution >= 0.6 is 11.6 Å². The molecule has 3 N–H and O–H groups in total. The van der Waals surface area contributed by atoms with Crippen molar-refractivity contribution in [3.05, 3.63) is 22.8 Å². The topological polar surface area (TPSA) is 71.2 Å². The molecule has 1 unspecified atom stereocenters. The number of carbonyl (C=O) groups is 1. The van der Waals surface area contributed by atoms with E-state index in [2.05, 4.69) is 17.3 Å². The number of anilines is 1. The summed E-state index contributed by atoms with van der Waals surface area (Å²) in [4.78, 5) is 18.3. The Hall–Kier alpha value is -1.33. The second-order valence-electron chi connectivity index (χ2n) is 4.67. The fourth-order valence-corrected chi connectivity index (χ4v) is 2.38. The Morgan fingerprint density at radius 3 is 3.06 bits per heavy atom. The minimum Gasteiger partial charge on any atom is -0.337 e. The van der Waals surface area contributed by atoms with Gasteiger partial charge >= 0.3 is 0 Å². The number of rotatable bonds is 2. The lowest BCUT2D eigenvalue weighted by Crippen LogP contribution is -2.39. The van der Waals surface area contributed by atoms with Gasteiger partial charge in [0, 0.05) is 13.1 Å². The van der Waals surface area contributed by atoms with E-state index in [0.717, 1.165) is 25.9 Å². The van der Waals surface area contributed by atoms with Crippen LogP contribution in [0.5, 0.6) is 0 Å². The molecule has 1 aromatic rings. The van der Waals surface area contributed by atoms with Crippen molar-refractivity contribution in [2.24, 2.45) is 11.8 Å². The van der Waals surface area contributed by atoms with E-state index in [1.807, 2.05) is 4.90 Å². The van der Waals surface area contributed by atoms with Crippen LogP contribution in [0.3, 0.4) is 0 Å². The zero-order valence-corrected chi connectivity index (χ0v) is 11.1. The molecule has 0 aromatic carbocycles. The summed E-state index contributed by atoms with van der Waals surface area (Å²) in [5.74, 6) is 6.13. The Balaban J connectivity index is 2.22. The van der Waals surface area contributed by atoms with Gasteiger partial charge in [0.15, 0.2) is 0 Å². The molecule has 2 heterocycles. The first-order valence-corrected chi connectivity index (χ1v) is 6.42. The number of hydrogen-bond acceptors (Lipinski definition) is 4. The number of pyridine rings is 1. The largest absolute Gasteiger partial charge is 0.337 e. The van der Waals surface area contributed by atoms with Gasteiger partial charge in [-0.2, -0.15) is 0 Å². The molecule has 18 heavy (non-hydrogen) atoms. The lowest BCUT2D eigenvalue weighted by Gasteiger charge is -2.30. The van der Waals surface area contributed by atoms with Crippen LogP contribution in [0.25, 0.3) is 0 Å². The molecule has 98 valence electrons. The average molecular weight is 269 g/mol. The van der Waals surface area contributed by atoms with Gasteiger partial charge in [0.2, 0.25) is 0 Å². The smallest absolute Gasteiger partial charge is 0.274 e. The second-order valence-corrected chi connectivity index (χ2v) is 5.08. The minimum absolute atomic E-state index is 0.122. The second kappa shape index (κ2) is 5.54. The maximum Gasteiger partial charge on any atom is 0.274 e. The fraction of sp³-hybridized carbons (Fsp3) is 0.500. The normalized spacial score (nSPS) is 19.7. The molecular formula is C12H17ClN4O. The monoisotopic (exact) mass is 268 g/mol. The van der Waals surface area contributed by atoms with Crippen molar-refractivity contribution in [3.63, 3.8) is 0 Å². The molecule has 0 saturated carbocycles. The number of nitrogen functional groups attached to an aromatic ring is 1. The van der Waals surface area contributed by atoms with Crippen LogP contribution in [0.4, 0.5) is 5.82 Å². The third-order valence-corrected chi connectivity index (χ3v) is 3.45. The quantitative estimate of drug-likeness (QED) is 0.635. The molecule has 0 spiro atoms. The van der Waals surface area contributed by atoms with E-state index in [1.165, 1.54) is 0 Å². The molecular weight excluding hydrogens is 252 g/mol. The highest BCUT2D eigenvalue weighted by Gasteiger charge is 2.24. The number of piperidine rings is 1. The standard InChI is InChI=1S/C12H17ClN4O/c1-8-3-2-6-17(7-8)12(18)11-9(13)4-5-10(15-11)16-14/h4-5,8H,2-3,6-7,14H2,1H3,(H,15,16). The maximum atomic E-state index is 12.3. The van der Waals surface area contributed by atoms with Crippen molar-refractivity contribution < 1.29 is 4.79 Å². The van der Waals surface area contributed by atoms with E-state index >= 15 is 0 Å². The lowest BCUT2D eigenvalue weighted by atomic mass is 10.00. The van der Waals surface area contributed by atoms with Crippen LogP contribution in [0, 0.1) is 5.92 Å². The Labute approximate surface area is 111 Å². The molecule has 1 aliphatic heterocycles. The van der Waals surface area contributed by atoms with Gasteiger partial charge in [-0.25, -0.2) is 10.8 Å². The molecule has 1 amide bonds. The summed E-state index contributed by atoms with van der Waals surface area (Å²) in [6.07, 6.45) is 2.19. The summed E-state index contributed by atoms with van der Waals surface area (Å²) in [6, 6.07) is 3.27. The molecule has 0 radical (unpaired) electrons. The lowest BCUT2D eigenvalue weighted by molar-refractivity contribution is 0.0677. The third-order valence-electron chi connectivity index (χ3n) is 3.14. The molecule has 0 bridgehead atoms. The van der Waals surface area contributed by atoms with Gasteiger partial charge in [-0.05, 0) is 30.9 Å². The number of nitrogens with two attached hydrogens (primary N) is 1. The summed E-state index contributed by atoms with van der Waals surface area (Å²) in [5, 5.41) is 0.359. The van der Waals surface area contributed by atoms with Gasteiger partial charge < -0.3 is 10.3 Å². The van der Waals surface area contributed by atoms with E-state index < -0.39 is 0 Å². The van der Waals surface area contributed by atoms with Crippen molar-refractivity contribution in [1.82, 2.24) is 9.88 Å². The van der Waals surface area contributed by atoms with Crippen molar-refractivity contribution in [3.8, 4) is 0 Å². The molecule has 1 fully saturated rings. The number of carbonyl (C=O) groups excluding carboxylic acids is 1. The number of hydrazine groups is 1. The van der Waals surface area contributed by atoms with Gasteiger partial charge in [-0.1, -0.05) is 18.5 Å². The highest BCUT2D eigenvalue weighted by atomic mass is 35.5. The molecule has 0 aliphatic carbocycles. The van der Waals surface area contributed by atoms with E-state index in [9.17, 15) is 4.79 Å². The number of amides is 1. The van der Waals surface area contributed by atoms with Crippen molar-refractivity contribution in [1.29, 1.82) is 0 Å². The van der Waals surface area contributed by atoms with Gasteiger partial charge in [0.25, 0.3) is 5.91 Å². The summed E-state index contributed by atoms with van der Waals surface area (Å²) < 4.78 is 0. The highest BCUT2D eigenvalue weighted by molar-refractivity contribution is 6.33. The molecule has 1 saturated heterocycles. The number of nitrogens with one attached hydrogen (secondary N) is 1. The van der Waals surface area contributed by atoms with E-state index in [-0.39, 0.29) is 11.6 Å².